The minimum absolute atomic E-state index is 0.105. The highest BCUT2D eigenvalue weighted by atomic mass is 32.2. The molecule has 2 aromatic carbocycles. The molecule has 0 atom stereocenters. The van der Waals surface area contributed by atoms with Crippen LogP contribution >= 0.6 is 11.8 Å². The predicted octanol–water partition coefficient (Wildman–Crippen LogP) is 5.49. The van der Waals surface area contributed by atoms with Crippen LogP contribution in [0.15, 0.2) is 82.6 Å². The molecule has 0 fully saturated rings. The van der Waals surface area contributed by atoms with Gasteiger partial charge in [-0.3, -0.25) is 9.36 Å². The molecule has 0 spiro atoms. The minimum Gasteiger partial charge on any atom is -0.461 e. The van der Waals surface area contributed by atoms with Crippen molar-refractivity contribution in [2.24, 2.45) is 0 Å². The number of carbonyl (C=O) groups excluding carboxylic acids is 1. The van der Waals surface area contributed by atoms with Crippen LogP contribution in [0.1, 0.15) is 20.8 Å². The maximum atomic E-state index is 12.6. The lowest BCUT2D eigenvalue weighted by Crippen LogP contribution is -2.30. The van der Waals surface area contributed by atoms with Crippen LogP contribution in [-0.2, 0) is 4.79 Å². The molecule has 0 aliphatic carbocycles. The molecule has 0 unspecified atom stereocenters. The predicted molar refractivity (Wildman–Crippen MR) is 133 cm³/mol. The molecule has 0 aliphatic heterocycles. The van der Waals surface area contributed by atoms with Crippen molar-refractivity contribution in [2.75, 3.05) is 22.5 Å². The summed E-state index contributed by atoms with van der Waals surface area (Å²) in [6, 6.07) is 21.8. The van der Waals surface area contributed by atoms with Gasteiger partial charge in [-0.1, -0.05) is 30.0 Å². The van der Waals surface area contributed by atoms with E-state index in [9.17, 15) is 4.79 Å². The summed E-state index contributed by atoms with van der Waals surface area (Å²) in [5, 5.41) is 12.2. The lowest BCUT2D eigenvalue weighted by atomic mass is 10.2. The summed E-state index contributed by atoms with van der Waals surface area (Å²) in [4.78, 5) is 14.9. The summed E-state index contributed by atoms with van der Waals surface area (Å²) in [5.74, 6) is 1.31. The Hall–Kier alpha value is -3.52. The third-order valence-electron chi connectivity index (χ3n) is 5.17. The molecule has 170 valence electrons. The van der Waals surface area contributed by atoms with Crippen LogP contribution in [0, 0.1) is 0 Å². The van der Waals surface area contributed by atoms with Gasteiger partial charge < -0.3 is 14.6 Å². The van der Waals surface area contributed by atoms with Crippen LogP contribution in [0.2, 0.25) is 0 Å². The third kappa shape index (κ3) is 5.28. The molecule has 0 saturated heterocycles. The average molecular weight is 462 g/mol. The van der Waals surface area contributed by atoms with Crippen LogP contribution in [-0.4, -0.2) is 39.0 Å². The third-order valence-corrected chi connectivity index (χ3v) is 6.10. The molecule has 0 saturated carbocycles. The zero-order chi connectivity index (χ0) is 23.2. The molecule has 2 aromatic heterocycles. The van der Waals surface area contributed by atoms with Gasteiger partial charge in [-0.15, -0.1) is 10.2 Å². The zero-order valence-electron chi connectivity index (χ0n) is 18.9. The van der Waals surface area contributed by atoms with Crippen molar-refractivity contribution in [1.29, 1.82) is 0 Å². The van der Waals surface area contributed by atoms with Crippen LogP contribution < -0.4 is 10.2 Å². The van der Waals surface area contributed by atoms with Crippen molar-refractivity contribution >= 4 is 29.0 Å². The van der Waals surface area contributed by atoms with Crippen molar-refractivity contribution in [3.63, 3.8) is 0 Å². The van der Waals surface area contributed by atoms with Gasteiger partial charge in [0, 0.05) is 29.6 Å². The Morgan fingerprint density at radius 1 is 1.06 bits per heavy atom. The molecule has 1 amide bonds. The van der Waals surface area contributed by atoms with E-state index >= 15 is 0 Å². The lowest BCUT2D eigenvalue weighted by Gasteiger charge is -2.27. The Morgan fingerprint density at radius 3 is 2.45 bits per heavy atom. The first-order valence-electron chi connectivity index (χ1n) is 10.9. The summed E-state index contributed by atoms with van der Waals surface area (Å²) >= 11 is 1.33. The molecule has 7 nitrogen and oxygen atoms in total. The fourth-order valence-electron chi connectivity index (χ4n) is 3.65. The summed E-state index contributed by atoms with van der Waals surface area (Å²) < 4.78 is 7.43. The second-order valence-electron chi connectivity index (χ2n) is 7.72. The highest BCUT2D eigenvalue weighted by Crippen LogP contribution is 2.28. The number of aromatic nitrogens is 3. The van der Waals surface area contributed by atoms with Gasteiger partial charge in [-0.25, -0.2) is 0 Å². The second-order valence-corrected chi connectivity index (χ2v) is 8.66. The van der Waals surface area contributed by atoms with Gasteiger partial charge in [-0.2, -0.15) is 0 Å². The van der Waals surface area contributed by atoms with Gasteiger partial charge in [0.2, 0.25) is 11.7 Å². The number of rotatable bonds is 9. The van der Waals surface area contributed by atoms with Gasteiger partial charge >= 0.3 is 0 Å². The number of nitrogens with zero attached hydrogens (tertiary/aromatic N) is 4. The van der Waals surface area contributed by atoms with Crippen molar-refractivity contribution in [3.8, 4) is 17.3 Å². The first-order valence-corrected chi connectivity index (χ1v) is 11.9. The molecular formula is C25H27N5O2S. The summed E-state index contributed by atoms with van der Waals surface area (Å²) in [7, 11) is 0. The molecule has 0 aliphatic rings. The maximum Gasteiger partial charge on any atom is 0.234 e. The molecular weight excluding hydrogens is 434 g/mol. The van der Waals surface area contributed by atoms with E-state index in [2.05, 4.69) is 41.2 Å². The largest absolute Gasteiger partial charge is 0.461 e. The number of amides is 1. The fraction of sp³-hybridized carbons (Fsp3) is 0.240. The number of hydrogen-bond donors (Lipinski definition) is 1. The Morgan fingerprint density at radius 2 is 1.82 bits per heavy atom. The summed E-state index contributed by atoms with van der Waals surface area (Å²) in [5.41, 5.74) is 2.81. The summed E-state index contributed by atoms with van der Waals surface area (Å²) in [6.45, 7) is 7.41. The van der Waals surface area contributed by atoms with Crippen LogP contribution in [0.5, 0.6) is 0 Å². The standard InChI is InChI=1S/C25H27N5O2S/c1-4-29(18(2)3)20-14-12-19(13-15-20)26-23(31)17-33-25-28-27-24(22-11-8-16-32-22)30(25)21-9-6-5-7-10-21/h5-16,18H,4,17H2,1-3H3,(H,26,31). The number of benzene rings is 2. The number of para-hydroxylation sites is 1. The molecule has 4 aromatic rings. The number of carbonyl (C=O) groups is 1. The number of anilines is 2. The number of furan rings is 1. The SMILES string of the molecule is CCN(c1ccc(NC(=O)CSc2nnc(-c3ccco3)n2-c2ccccc2)cc1)C(C)C. The Bertz CT molecular complexity index is 1170. The fourth-order valence-corrected chi connectivity index (χ4v) is 4.40. The Labute approximate surface area is 197 Å². The van der Waals surface area contributed by atoms with Gasteiger partial charge in [-0.05, 0) is 69.3 Å². The van der Waals surface area contributed by atoms with Crippen molar-refractivity contribution in [3.05, 3.63) is 73.0 Å². The number of nitrogens with one attached hydrogen (secondary N) is 1. The van der Waals surface area contributed by atoms with Crippen molar-refractivity contribution in [1.82, 2.24) is 14.8 Å². The van der Waals surface area contributed by atoms with E-state index in [1.807, 2.05) is 71.3 Å². The van der Waals surface area contributed by atoms with Crippen LogP contribution in [0.3, 0.4) is 0 Å². The number of hydrogen-bond acceptors (Lipinski definition) is 6. The van der Waals surface area contributed by atoms with E-state index in [0.29, 0.717) is 22.8 Å². The van der Waals surface area contributed by atoms with Crippen LogP contribution in [0.4, 0.5) is 11.4 Å². The molecule has 33 heavy (non-hydrogen) atoms. The monoisotopic (exact) mass is 461 g/mol. The van der Waals surface area contributed by atoms with E-state index < -0.39 is 0 Å². The zero-order valence-corrected chi connectivity index (χ0v) is 19.7. The highest BCUT2D eigenvalue weighted by Gasteiger charge is 2.19. The van der Waals surface area contributed by atoms with Gasteiger partial charge in [0.05, 0.1) is 12.0 Å². The first-order chi connectivity index (χ1) is 16.1. The van der Waals surface area contributed by atoms with E-state index in [1.165, 1.54) is 11.8 Å². The van der Waals surface area contributed by atoms with E-state index in [-0.39, 0.29) is 11.7 Å². The Kier molecular flexibility index (Phi) is 7.14. The maximum absolute atomic E-state index is 12.6. The van der Waals surface area contributed by atoms with E-state index in [4.69, 9.17) is 4.42 Å². The average Bonchev–Trinajstić information content (AvgIpc) is 3.49. The quantitative estimate of drug-likeness (QED) is 0.332. The van der Waals surface area contributed by atoms with Crippen molar-refractivity contribution in [2.45, 2.75) is 32.0 Å². The van der Waals surface area contributed by atoms with E-state index in [0.717, 1.165) is 23.6 Å². The molecule has 8 heteroatoms. The molecule has 4 rings (SSSR count). The van der Waals surface area contributed by atoms with Crippen molar-refractivity contribution < 1.29 is 9.21 Å². The normalized spacial score (nSPS) is 11.0. The number of thioether (sulfide) groups is 1. The van der Waals surface area contributed by atoms with Gasteiger partial charge in [0.15, 0.2) is 10.9 Å². The molecule has 0 bridgehead atoms. The minimum atomic E-state index is -0.105. The first kappa shape index (κ1) is 22.7. The molecule has 2 heterocycles. The van der Waals surface area contributed by atoms with Gasteiger partial charge in [0.1, 0.15) is 0 Å². The lowest BCUT2D eigenvalue weighted by molar-refractivity contribution is -0.113. The smallest absolute Gasteiger partial charge is 0.234 e. The Balaban J connectivity index is 1.46. The topological polar surface area (TPSA) is 76.2 Å². The summed E-state index contributed by atoms with van der Waals surface area (Å²) in [6.07, 6.45) is 1.60. The highest BCUT2D eigenvalue weighted by molar-refractivity contribution is 7.99. The van der Waals surface area contributed by atoms with E-state index in [1.54, 1.807) is 6.26 Å². The van der Waals surface area contributed by atoms with Gasteiger partial charge in [0.25, 0.3) is 0 Å². The second kappa shape index (κ2) is 10.4. The molecule has 0 radical (unpaired) electrons. The van der Waals surface area contributed by atoms with Crippen LogP contribution in [0.25, 0.3) is 17.3 Å². The molecule has 1 N–H and O–H groups in total.